The summed E-state index contributed by atoms with van der Waals surface area (Å²) in [6, 6.07) is 6.42. The maximum absolute atomic E-state index is 13.2. The topological polar surface area (TPSA) is 241 Å². The molecule has 212 valence electrons. The van der Waals surface area contributed by atoms with E-state index in [0.29, 0.717) is 16.4 Å². The first-order valence-electron chi connectivity index (χ1n) is 11.4. The van der Waals surface area contributed by atoms with Crippen LogP contribution in [0.5, 0.6) is 5.75 Å². The first-order valence-corrected chi connectivity index (χ1v) is 13.6. The number of nitrogens with two attached hydrogens (primary N) is 2. The molecule has 1 aliphatic heterocycles. The number of amides is 1. The van der Waals surface area contributed by atoms with E-state index >= 15 is 0 Å². The lowest BCUT2D eigenvalue weighted by molar-refractivity contribution is -0.228. The molecule has 2 aromatic rings. The average molecular weight is 585 g/mol. The summed E-state index contributed by atoms with van der Waals surface area (Å²) in [5, 5.41) is 23.0. The number of ketones is 1. The maximum Gasteiger partial charge on any atom is 0.418 e. The number of thiazole rings is 1. The van der Waals surface area contributed by atoms with Gasteiger partial charge in [-0.25, -0.2) is 4.98 Å². The quantitative estimate of drug-likeness (QED) is 0.0670. The van der Waals surface area contributed by atoms with Crippen molar-refractivity contribution in [3.63, 3.8) is 0 Å². The zero-order valence-electron chi connectivity index (χ0n) is 20.9. The van der Waals surface area contributed by atoms with Crippen molar-refractivity contribution < 1.29 is 41.5 Å². The predicted octanol–water partition coefficient (Wildman–Crippen LogP) is 0.491. The molecule has 1 aromatic carbocycles. The number of oxime groups is 1. The molecule has 0 radical (unpaired) electrons. The summed E-state index contributed by atoms with van der Waals surface area (Å²) in [5.41, 5.74) is 10.3. The summed E-state index contributed by atoms with van der Waals surface area (Å²) in [4.78, 5) is 35.3. The minimum atomic E-state index is -4.95. The first-order chi connectivity index (χ1) is 18.2. The fraction of sp³-hybridized carbons (Fsp3) is 0.409. The summed E-state index contributed by atoms with van der Waals surface area (Å²) in [6.45, 7) is 2.60. The Labute approximate surface area is 227 Å². The molecule has 0 saturated carbocycles. The van der Waals surface area contributed by atoms with Gasteiger partial charge >= 0.3 is 10.4 Å². The Morgan fingerprint density at radius 1 is 1.33 bits per heavy atom. The van der Waals surface area contributed by atoms with Gasteiger partial charge in [0.1, 0.15) is 23.9 Å². The van der Waals surface area contributed by atoms with Gasteiger partial charge in [0.15, 0.2) is 22.7 Å². The van der Waals surface area contributed by atoms with E-state index in [9.17, 15) is 23.1 Å². The van der Waals surface area contributed by atoms with E-state index in [-0.39, 0.29) is 42.0 Å². The van der Waals surface area contributed by atoms with Crippen molar-refractivity contribution in [2.45, 2.75) is 38.3 Å². The zero-order chi connectivity index (χ0) is 29.0. The van der Waals surface area contributed by atoms with Crippen molar-refractivity contribution in [1.29, 1.82) is 5.41 Å². The molecule has 2 atom stereocenters. The standard InChI is InChI=1S/C22H28N6O9S2/c1-22(2)15(20(31)28(22)37-39(32,33)34)9-17(30)18(16-11-38-21(25)26-16)27-36-14(7-8-29)10-35-13-5-3-12(4-6-13)19(23)24/h3-6,11,14-15,29H,7-10H2,1-2H3,(H3,23,24)(H2,25,26)(H,32,33,34)/b27-18-/t14-,15?/m0/s1. The molecule has 0 bridgehead atoms. The molecule has 17 heteroatoms. The van der Waals surface area contributed by atoms with Crippen LogP contribution >= 0.6 is 11.3 Å². The van der Waals surface area contributed by atoms with E-state index < -0.39 is 46.1 Å². The number of ether oxygens (including phenoxy) is 1. The number of nitrogens with zero attached hydrogens (tertiary/aromatic N) is 3. The van der Waals surface area contributed by atoms with Crippen molar-refractivity contribution in [2.75, 3.05) is 18.9 Å². The fourth-order valence-electron chi connectivity index (χ4n) is 3.64. The average Bonchev–Trinajstić information content (AvgIpc) is 3.29. The van der Waals surface area contributed by atoms with Crippen LogP contribution in [-0.2, 0) is 29.1 Å². The van der Waals surface area contributed by atoms with E-state index in [1.165, 1.54) is 19.2 Å². The van der Waals surface area contributed by atoms with Crippen LogP contribution in [0.1, 0.15) is 37.9 Å². The highest BCUT2D eigenvalue weighted by atomic mass is 32.3. The first kappa shape index (κ1) is 29.9. The van der Waals surface area contributed by atoms with E-state index in [1.54, 1.807) is 24.3 Å². The van der Waals surface area contributed by atoms with E-state index in [0.717, 1.165) is 11.3 Å². The van der Waals surface area contributed by atoms with Crippen LogP contribution < -0.4 is 16.2 Å². The molecule has 1 amide bonds. The van der Waals surface area contributed by atoms with Gasteiger partial charge in [-0.15, -0.1) is 15.6 Å². The molecule has 1 aliphatic rings. The van der Waals surface area contributed by atoms with Crippen molar-refractivity contribution >= 4 is 50.1 Å². The van der Waals surface area contributed by atoms with Crippen LogP contribution in [0.2, 0.25) is 0 Å². The number of anilines is 1. The molecule has 2 heterocycles. The Morgan fingerprint density at radius 3 is 2.51 bits per heavy atom. The van der Waals surface area contributed by atoms with Gasteiger partial charge in [0.2, 0.25) is 0 Å². The van der Waals surface area contributed by atoms with Crippen LogP contribution in [0.3, 0.4) is 0 Å². The minimum absolute atomic E-state index is 0.0553. The number of rotatable bonds is 14. The summed E-state index contributed by atoms with van der Waals surface area (Å²) < 4.78 is 41.0. The Kier molecular flexibility index (Phi) is 9.23. The van der Waals surface area contributed by atoms with Crippen LogP contribution in [0.15, 0.2) is 34.8 Å². The van der Waals surface area contributed by atoms with Crippen molar-refractivity contribution in [3.8, 4) is 5.75 Å². The number of aliphatic hydroxyl groups is 1. The van der Waals surface area contributed by atoms with Crippen molar-refractivity contribution in [1.82, 2.24) is 10.0 Å². The number of β-lactam (4-membered cyclic amide) rings is 1. The predicted molar refractivity (Wildman–Crippen MR) is 139 cm³/mol. The number of Topliss-reactive ketones (excluding diaryl/α,β-unsaturated/α-hetero) is 1. The molecule has 1 fully saturated rings. The number of carbonyl (C=O) groups excluding carboxylic acids is 2. The van der Waals surface area contributed by atoms with E-state index in [2.05, 4.69) is 14.4 Å². The number of hydrogen-bond donors (Lipinski definition) is 5. The minimum Gasteiger partial charge on any atom is -0.490 e. The van der Waals surface area contributed by atoms with Gasteiger partial charge in [-0.1, -0.05) is 5.16 Å². The highest BCUT2D eigenvalue weighted by molar-refractivity contribution is 7.80. The third-order valence-electron chi connectivity index (χ3n) is 5.81. The largest absolute Gasteiger partial charge is 0.490 e. The summed E-state index contributed by atoms with van der Waals surface area (Å²) in [6.07, 6.45) is -1.09. The summed E-state index contributed by atoms with van der Waals surface area (Å²) >= 11 is 1.05. The number of carbonyl (C=O) groups is 2. The second-order valence-corrected chi connectivity index (χ2v) is 10.9. The fourth-order valence-corrected chi connectivity index (χ4v) is 4.65. The van der Waals surface area contributed by atoms with Crippen LogP contribution in [-0.4, -0.2) is 76.2 Å². The van der Waals surface area contributed by atoms with Crippen molar-refractivity contribution in [2.24, 2.45) is 16.8 Å². The third-order valence-corrected chi connectivity index (χ3v) is 6.82. The SMILES string of the molecule is CC1(C)C(CC(=O)/C(=N\O[C@@H](CCO)COc2ccc(C(=N)N)cc2)c2csc(N)n2)C(=O)N1OS(=O)(=O)O. The number of benzene rings is 1. The van der Waals surface area contributed by atoms with Gasteiger partial charge in [-0.05, 0) is 38.1 Å². The molecule has 1 unspecified atom stereocenters. The monoisotopic (exact) mass is 584 g/mol. The zero-order valence-corrected chi connectivity index (χ0v) is 22.6. The maximum atomic E-state index is 13.2. The van der Waals surface area contributed by atoms with Gasteiger partial charge in [-0.3, -0.25) is 19.6 Å². The molecule has 7 N–H and O–H groups in total. The number of amidine groups is 1. The number of hydroxylamine groups is 2. The summed E-state index contributed by atoms with van der Waals surface area (Å²) in [5.74, 6) is -2.13. The molecule has 3 rings (SSSR count). The summed E-state index contributed by atoms with van der Waals surface area (Å²) in [7, 11) is -4.95. The van der Waals surface area contributed by atoms with Gasteiger partial charge in [-0.2, -0.15) is 13.5 Å². The lowest BCUT2D eigenvalue weighted by Gasteiger charge is -2.50. The van der Waals surface area contributed by atoms with Crippen LogP contribution in [0.25, 0.3) is 0 Å². The molecule has 0 aliphatic carbocycles. The molecular weight excluding hydrogens is 556 g/mol. The lowest BCUT2D eigenvalue weighted by atomic mass is 9.74. The molecular formula is C22H28N6O9S2. The van der Waals surface area contributed by atoms with Crippen LogP contribution in [0, 0.1) is 11.3 Å². The number of nitrogen functional groups attached to an aromatic ring is 2. The second-order valence-electron chi connectivity index (χ2n) is 8.97. The number of aromatic nitrogens is 1. The van der Waals surface area contributed by atoms with Gasteiger partial charge in [0.05, 0.1) is 11.5 Å². The second kappa shape index (κ2) is 12.0. The Hall–Kier alpha value is -3.64. The van der Waals surface area contributed by atoms with E-state index in [1.807, 2.05) is 0 Å². The van der Waals surface area contributed by atoms with Gasteiger partial charge in [0.25, 0.3) is 5.91 Å². The van der Waals surface area contributed by atoms with Gasteiger partial charge in [0, 0.05) is 30.4 Å². The van der Waals surface area contributed by atoms with Gasteiger partial charge < -0.3 is 26.1 Å². The smallest absolute Gasteiger partial charge is 0.418 e. The molecule has 0 spiro atoms. The number of hydrogen-bond acceptors (Lipinski definition) is 13. The molecule has 15 nitrogen and oxygen atoms in total. The number of nitrogens with one attached hydrogen (secondary N) is 1. The highest BCUT2D eigenvalue weighted by Crippen LogP contribution is 2.40. The molecule has 39 heavy (non-hydrogen) atoms. The lowest BCUT2D eigenvalue weighted by Crippen LogP contribution is -2.68. The molecule has 1 aromatic heterocycles. The van der Waals surface area contributed by atoms with Crippen LogP contribution in [0.4, 0.5) is 5.13 Å². The highest BCUT2D eigenvalue weighted by Gasteiger charge is 2.57. The number of aliphatic hydroxyl groups excluding tert-OH is 1. The molecule has 1 saturated heterocycles. The van der Waals surface area contributed by atoms with Crippen molar-refractivity contribution in [3.05, 3.63) is 40.9 Å². The Bertz CT molecular complexity index is 1360. The van der Waals surface area contributed by atoms with E-state index in [4.69, 9.17) is 31.0 Å². The Balaban J connectivity index is 1.75. The normalized spacial score (nSPS) is 17.8. The Morgan fingerprint density at radius 2 is 2.00 bits per heavy atom. The third kappa shape index (κ3) is 7.48.